The fourth-order valence-corrected chi connectivity index (χ4v) is 3.27. The summed E-state index contributed by atoms with van der Waals surface area (Å²) in [5, 5.41) is 13.6. The van der Waals surface area contributed by atoms with Gasteiger partial charge in [0.25, 0.3) is 5.69 Å². The first-order chi connectivity index (χ1) is 12.8. The Labute approximate surface area is 160 Å². The van der Waals surface area contributed by atoms with Gasteiger partial charge in [-0.15, -0.1) is 0 Å². The number of carbonyl (C=O) groups excluding carboxylic acids is 1. The molecule has 7 nitrogen and oxygen atoms in total. The number of aryl methyl sites for hydroxylation is 1. The van der Waals surface area contributed by atoms with Crippen LogP contribution in [0.2, 0.25) is 5.02 Å². The van der Waals surface area contributed by atoms with E-state index in [4.69, 9.17) is 11.6 Å². The van der Waals surface area contributed by atoms with E-state index in [0.29, 0.717) is 43.0 Å². The summed E-state index contributed by atoms with van der Waals surface area (Å²) in [4.78, 5) is 29.0. The fraction of sp³-hybridized carbons (Fsp3) is 0.333. The van der Waals surface area contributed by atoms with Crippen molar-refractivity contribution in [1.82, 2.24) is 4.98 Å². The van der Waals surface area contributed by atoms with Gasteiger partial charge in [-0.3, -0.25) is 14.9 Å². The maximum Gasteiger partial charge on any atom is 0.290 e. The molecule has 0 unspecified atom stereocenters. The zero-order valence-electron chi connectivity index (χ0n) is 14.6. The summed E-state index contributed by atoms with van der Waals surface area (Å²) >= 11 is 5.73. The molecule has 1 aromatic carbocycles. The first-order valence-corrected chi connectivity index (χ1v) is 8.85. The third-order valence-electron chi connectivity index (χ3n) is 4.64. The van der Waals surface area contributed by atoms with Crippen molar-refractivity contribution in [3.63, 3.8) is 0 Å². The number of nitrogens with zero attached hydrogens (tertiary/aromatic N) is 3. The highest BCUT2D eigenvalue weighted by Crippen LogP contribution is 2.27. The highest BCUT2D eigenvalue weighted by molar-refractivity contribution is 6.31. The first-order valence-electron chi connectivity index (χ1n) is 8.47. The molecule has 0 bridgehead atoms. The zero-order valence-corrected chi connectivity index (χ0v) is 15.4. The average molecular weight is 393 g/mol. The molecule has 1 aliphatic heterocycles. The van der Waals surface area contributed by atoms with Crippen molar-refractivity contribution in [1.29, 1.82) is 0 Å². The van der Waals surface area contributed by atoms with Gasteiger partial charge in [-0.2, -0.15) is 0 Å². The highest BCUT2D eigenvalue weighted by Gasteiger charge is 2.26. The number of rotatable bonds is 4. The lowest BCUT2D eigenvalue weighted by molar-refractivity contribution is -0.385. The molecule has 0 aliphatic carbocycles. The molecule has 1 aliphatic rings. The summed E-state index contributed by atoms with van der Waals surface area (Å²) < 4.78 is 13.2. The summed E-state index contributed by atoms with van der Waals surface area (Å²) in [6, 6.07) is 5.76. The van der Waals surface area contributed by atoms with Gasteiger partial charge in [-0.25, -0.2) is 9.37 Å². The number of piperidine rings is 1. The fourth-order valence-electron chi connectivity index (χ4n) is 3.09. The lowest BCUT2D eigenvalue weighted by Gasteiger charge is -2.32. The van der Waals surface area contributed by atoms with Gasteiger partial charge in [0, 0.05) is 30.3 Å². The Kier molecular flexibility index (Phi) is 5.55. The predicted molar refractivity (Wildman–Crippen MR) is 101 cm³/mol. The van der Waals surface area contributed by atoms with Crippen LogP contribution < -0.4 is 10.2 Å². The van der Waals surface area contributed by atoms with Gasteiger partial charge in [0.1, 0.15) is 17.8 Å². The van der Waals surface area contributed by atoms with Gasteiger partial charge in [0.15, 0.2) is 0 Å². The third-order valence-corrected chi connectivity index (χ3v) is 4.93. The normalized spacial score (nSPS) is 14.9. The summed E-state index contributed by atoms with van der Waals surface area (Å²) in [5.74, 6) is -0.175. The second-order valence-electron chi connectivity index (χ2n) is 6.47. The molecule has 2 heterocycles. The first kappa shape index (κ1) is 19.0. The third kappa shape index (κ3) is 4.33. The van der Waals surface area contributed by atoms with Crippen molar-refractivity contribution in [3.8, 4) is 0 Å². The number of halogens is 2. The van der Waals surface area contributed by atoms with E-state index in [2.05, 4.69) is 10.3 Å². The number of nitro groups is 1. The van der Waals surface area contributed by atoms with Crippen LogP contribution in [0.3, 0.4) is 0 Å². The van der Waals surface area contributed by atoms with Gasteiger partial charge in [0.2, 0.25) is 5.91 Å². The van der Waals surface area contributed by atoms with Crippen molar-refractivity contribution in [3.05, 3.63) is 57.0 Å². The number of hydrogen-bond donors (Lipinski definition) is 1. The molecule has 142 valence electrons. The van der Waals surface area contributed by atoms with E-state index in [0.717, 1.165) is 0 Å². The van der Waals surface area contributed by atoms with Crippen molar-refractivity contribution in [2.75, 3.05) is 23.3 Å². The number of nitrogens with one attached hydrogen (secondary N) is 1. The summed E-state index contributed by atoms with van der Waals surface area (Å²) in [7, 11) is 0. The van der Waals surface area contributed by atoms with E-state index in [1.807, 2.05) is 4.90 Å². The molecule has 0 saturated carbocycles. The van der Waals surface area contributed by atoms with Crippen LogP contribution in [0.25, 0.3) is 0 Å². The standard InChI is InChI=1S/C18H18ClFN4O3/c1-11-8-17(21-10-16(11)24(26)27)23-6-4-12(5-7-23)18(25)22-13-2-3-15(20)14(19)9-13/h2-3,8-10,12H,4-7H2,1H3,(H,22,25). The van der Waals surface area contributed by atoms with Crippen LogP contribution in [0.4, 0.5) is 21.6 Å². The van der Waals surface area contributed by atoms with Gasteiger partial charge >= 0.3 is 0 Å². The van der Waals surface area contributed by atoms with E-state index >= 15 is 0 Å². The second-order valence-corrected chi connectivity index (χ2v) is 6.87. The molecule has 1 saturated heterocycles. The Morgan fingerprint density at radius 2 is 2.07 bits per heavy atom. The Balaban J connectivity index is 1.59. The molecule has 0 spiro atoms. The summed E-state index contributed by atoms with van der Waals surface area (Å²) in [6.07, 6.45) is 2.51. The Hall–Kier alpha value is -2.74. The molecule has 0 atom stereocenters. The van der Waals surface area contributed by atoms with Gasteiger partial charge in [0.05, 0.1) is 9.95 Å². The minimum absolute atomic E-state index is 0.00836. The van der Waals surface area contributed by atoms with Gasteiger partial charge < -0.3 is 10.2 Å². The monoisotopic (exact) mass is 392 g/mol. The van der Waals surface area contributed by atoms with Crippen LogP contribution in [0.15, 0.2) is 30.5 Å². The molecule has 1 amide bonds. The van der Waals surface area contributed by atoms with Crippen molar-refractivity contribution in [2.45, 2.75) is 19.8 Å². The maximum absolute atomic E-state index is 13.2. The number of hydrogen-bond acceptors (Lipinski definition) is 5. The van der Waals surface area contributed by atoms with Crippen LogP contribution in [0.1, 0.15) is 18.4 Å². The Morgan fingerprint density at radius 1 is 1.37 bits per heavy atom. The smallest absolute Gasteiger partial charge is 0.290 e. The van der Waals surface area contributed by atoms with Gasteiger partial charge in [-0.1, -0.05) is 11.6 Å². The number of benzene rings is 1. The maximum atomic E-state index is 13.2. The zero-order chi connectivity index (χ0) is 19.6. The minimum Gasteiger partial charge on any atom is -0.357 e. The number of anilines is 2. The highest BCUT2D eigenvalue weighted by atomic mass is 35.5. The number of carbonyl (C=O) groups is 1. The predicted octanol–water partition coefficient (Wildman–Crippen LogP) is 3.95. The van der Waals surface area contributed by atoms with Crippen molar-refractivity contribution in [2.24, 2.45) is 5.92 Å². The SMILES string of the molecule is Cc1cc(N2CCC(C(=O)Nc3ccc(F)c(Cl)c3)CC2)ncc1[N+](=O)[O-]. The van der Waals surface area contributed by atoms with Crippen LogP contribution in [-0.4, -0.2) is 28.9 Å². The number of aromatic nitrogens is 1. The largest absolute Gasteiger partial charge is 0.357 e. The Bertz CT molecular complexity index is 885. The second kappa shape index (κ2) is 7.87. The minimum atomic E-state index is -0.533. The molecule has 0 radical (unpaired) electrons. The molecule has 27 heavy (non-hydrogen) atoms. The van der Waals surface area contributed by atoms with E-state index < -0.39 is 10.7 Å². The lowest BCUT2D eigenvalue weighted by atomic mass is 9.95. The molecule has 1 fully saturated rings. The molecular formula is C18H18ClFN4O3. The number of amides is 1. The van der Waals surface area contributed by atoms with Crippen LogP contribution in [0.5, 0.6) is 0 Å². The Morgan fingerprint density at radius 3 is 2.67 bits per heavy atom. The van der Waals surface area contributed by atoms with E-state index in [9.17, 15) is 19.3 Å². The van der Waals surface area contributed by atoms with E-state index in [1.54, 1.807) is 13.0 Å². The van der Waals surface area contributed by atoms with E-state index in [1.165, 1.54) is 24.4 Å². The average Bonchev–Trinajstić information content (AvgIpc) is 2.64. The lowest BCUT2D eigenvalue weighted by Crippen LogP contribution is -2.38. The quantitative estimate of drug-likeness (QED) is 0.628. The molecule has 1 aromatic heterocycles. The van der Waals surface area contributed by atoms with Crippen LogP contribution in [0, 0.1) is 28.8 Å². The molecule has 2 aromatic rings. The van der Waals surface area contributed by atoms with Crippen LogP contribution >= 0.6 is 11.6 Å². The molecule has 1 N–H and O–H groups in total. The van der Waals surface area contributed by atoms with Crippen molar-refractivity contribution >= 4 is 34.7 Å². The molecule has 9 heteroatoms. The number of pyridine rings is 1. The summed E-state index contributed by atoms with van der Waals surface area (Å²) in [5.41, 5.74) is 1.01. The van der Waals surface area contributed by atoms with Crippen molar-refractivity contribution < 1.29 is 14.1 Å². The summed E-state index contributed by atoms with van der Waals surface area (Å²) in [6.45, 7) is 2.91. The van der Waals surface area contributed by atoms with E-state index in [-0.39, 0.29) is 22.5 Å². The molecule has 3 rings (SSSR count). The topological polar surface area (TPSA) is 88.4 Å². The molecular weight excluding hydrogens is 375 g/mol. The van der Waals surface area contributed by atoms with Crippen LogP contribution in [-0.2, 0) is 4.79 Å². The van der Waals surface area contributed by atoms with Gasteiger partial charge in [-0.05, 0) is 44.0 Å².